The Bertz CT molecular complexity index is 1250. The van der Waals surface area contributed by atoms with E-state index in [1.165, 1.54) is 4.31 Å². The van der Waals surface area contributed by atoms with Crippen molar-refractivity contribution in [1.82, 2.24) is 9.29 Å². The first-order chi connectivity index (χ1) is 15.6. The Morgan fingerprint density at radius 2 is 1.64 bits per heavy atom. The first-order valence-electron chi connectivity index (χ1n) is 10.9. The van der Waals surface area contributed by atoms with E-state index in [0.717, 1.165) is 30.0 Å². The molecule has 1 aliphatic rings. The van der Waals surface area contributed by atoms with Crippen LogP contribution in [0.2, 0.25) is 0 Å². The van der Waals surface area contributed by atoms with Gasteiger partial charge in [-0.05, 0) is 49.2 Å². The molecule has 1 aliphatic heterocycles. The van der Waals surface area contributed by atoms with Crippen LogP contribution in [0.4, 0.5) is 18.9 Å². The fourth-order valence-corrected chi connectivity index (χ4v) is 5.59. The standard InChI is InChI=1S/C24H26F3N3O2S/c1-3-4-18-6-8-19(9-7-18)33(31,32)30-13-11-29(12-14-30)22-16-23(24(25,26)27)28-21-10-5-17(2)15-20(21)22/h5-10,15-16H,3-4,11-14H2,1-2H3. The summed E-state index contributed by atoms with van der Waals surface area (Å²) in [4.78, 5) is 5.85. The Balaban J connectivity index is 1.59. The number of piperazine rings is 1. The quantitative estimate of drug-likeness (QED) is 0.518. The van der Waals surface area contributed by atoms with Crippen molar-refractivity contribution >= 4 is 26.6 Å². The Morgan fingerprint density at radius 3 is 2.24 bits per heavy atom. The Hall–Kier alpha value is -2.65. The molecule has 1 saturated heterocycles. The van der Waals surface area contributed by atoms with Gasteiger partial charge in [0.1, 0.15) is 5.69 Å². The fraction of sp³-hybridized carbons (Fsp3) is 0.375. The normalized spacial score (nSPS) is 15.8. The lowest BCUT2D eigenvalue weighted by Gasteiger charge is -2.36. The van der Waals surface area contributed by atoms with E-state index in [1.54, 1.807) is 24.3 Å². The molecule has 0 aliphatic carbocycles. The molecule has 0 bridgehead atoms. The number of sulfonamides is 1. The van der Waals surface area contributed by atoms with E-state index >= 15 is 0 Å². The van der Waals surface area contributed by atoms with Crippen molar-refractivity contribution in [2.24, 2.45) is 0 Å². The smallest absolute Gasteiger partial charge is 0.368 e. The lowest BCUT2D eigenvalue weighted by atomic mass is 10.1. The van der Waals surface area contributed by atoms with E-state index in [-0.39, 0.29) is 36.6 Å². The van der Waals surface area contributed by atoms with Crippen LogP contribution in [-0.2, 0) is 22.6 Å². The minimum Gasteiger partial charge on any atom is -0.368 e. The summed E-state index contributed by atoms with van der Waals surface area (Å²) >= 11 is 0. The number of aromatic nitrogens is 1. The van der Waals surface area contributed by atoms with Crippen molar-refractivity contribution in [3.8, 4) is 0 Å². The number of anilines is 1. The molecule has 9 heteroatoms. The molecule has 0 spiro atoms. The van der Waals surface area contributed by atoms with Crippen LogP contribution in [0.1, 0.15) is 30.2 Å². The van der Waals surface area contributed by atoms with Gasteiger partial charge in [0.2, 0.25) is 10.0 Å². The highest BCUT2D eigenvalue weighted by Gasteiger charge is 2.35. The van der Waals surface area contributed by atoms with E-state index < -0.39 is 21.9 Å². The Labute approximate surface area is 191 Å². The van der Waals surface area contributed by atoms with Crippen LogP contribution in [0.5, 0.6) is 0 Å². The summed E-state index contributed by atoms with van der Waals surface area (Å²) in [6, 6.07) is 13.1. The predicted molar refractivity (Wildman–Crippen MR) is 123 cm³/mol. The minimum absolute atomic E-state index is 0.191. The number of halogens is 3. The maximum atomic E-state index is 13.5. The number of rotatable bonds is 5. The third-order valence-corrected chi connectivity index (χ3v) is 7.82. The van der Waals surface area contributed by atoms with Crippen LogP contribution >= 0.6 is 0 Å². The second-order valence-corrected chi connectivity index (χ2v) is 10.3. The minimum atomic E-state index is -4.57. The molecule has 33 heavy (non-hydrogen) atoms. The van der Waals surface area contributed by atoms with Gasteiger partial charge in [0.05, 0.1) is 10.4 Å². The summed E-state index contributed by atoms with van der Waals surface area (Å²) < 4.78 is 68.0. The maximum Gasteiger partial charge on any atom is 0.433 e. The van der Waals surface area contributed by atoms with Crippen molar-refractivity contribution in [3.05, 3.63) is 65.4 Å². The molecule has 0 N–H and O–H groups in total. The van der Waals surface area contributed by atoms with Gasteiger partial charge in [-0.1, -0.05) is 37.1 Å². The molecule has 5 nitrogen and oxygen atoms in total. The third kappa shape index (κ3) is 4.84. The molecule has 1 aromatic heterocycles. The second kappa shape index (κ2) is 8.95. The molecule has 4 rings (SSSR count). The number of fused-ring (bicyclic) bond motifs is 1. The fourth-order valence-electron chi connectivity index (χ4n) is 4.16. The maximum absolute atomic E-state index is 13.5. The van der Waals surface area contributed by atoms with E-state index in [1.807, 2.05) is 30.0 Å². The van der Waals surface area contributed by atoms with Gasteiger partial charge in [0.15, 0.2) is 0 Å². The highest BCUT2D eigenvalue weighted by molar-refractivity contribution is 7.89. The second-order valence-electron chi connectivity index (χ2n) is 8.33. The summed E-state index contributed by atoms with van der Waals surface area (Å²) in [6.45, 7) is 4.90. The first-order valence-corrected chi connectivity index (χ1v) is 12.4. The van der Waals surface area contributed by atoms with E-state index in [2.05, 4.69) is 11.9 Å². The van der Waals surface area contributed by atoms with Crippen LogP contribution in [0.15, 0.2) is 53.4 Å². The Kier molecular flexibility index (Phi) is 6.37. The van der Waals surface area contributed by atoms with E-state index in [0.29, 0.717) is 11.1 Å². The van der Waals surface area contributed by atoms with Gasteiger partial charge in [0, 0.05) is 37.3 Å². The number of hydrogen-bond donors (Lipinski definition) is 0. The molecule has 2 heterocycles. The number of benzene rings is 2. The number of nitrogens with zero attached hydrogens (tertiary/aromatic N) is 3. The van der Waals surface area contributed by atoms with Crippen LogP contribution in [0, 0.1) is 6.92 Å². The van der Waals surface area contributed by atoms with Crippen molar-refractivity contribution in [1.29, 1.82) is 0 Å². The Morgan fingerprint density at radius 1 is 0.970 bits per heavy atom. The molecule has 0 radical (unpaired) electrons. The van der Waals surface area contributed by atoms with Crippen molar-refractivity contribution in [3.63, 3.8) is 0 Å². The third-order valence-electron chi connectivity index (χ3n) is 5.91. The first kappa shape index (κ1) is 23.5. The topological polar surface area (TPSA) is 53.5 Å². The highest BCUT2D eigenvalue weighted by atomic mass is 32.2. The van der Waals surface area contributed by atoms with E-state index in [9.17, 15) is 21.6 Å². The van der Waals surface area contributed by atoms with Gasteiger partial charge in [-0.15, -0.1) is 0 Å². The molecule has 0 amide bonds. The SMILES string of the molecule is CCCc1ccc(S(=O)(=O)N2CCN(c3cc(C(F)(F)F)nc4ccc(C)cc34)CC2)cc1. The lowest BCUT2D eigenvalue weighted by Crippen LogP contribution is -2.48. The molecular weight excluding hydrogens is 451 g/mol. The monoisotopic (exact) mass is 477 g/mol. The van der Waals surface area contributed by atoms with Gasteiger partial charge < -0.3 is 4.90 Å². The zero-order valence-corrected chi connectivity index (χ0v) is 19.4. The van der Waals surface area contributed by atoms with Crippen LogP contribution in [0.25, 0.3) is 10.9 Å². The average molecular weight is 478 g/mol. The lowest BCUT2D eigenvalue weighted by molar-refractivity contribution is -0.140. The molecule has 3 aromatic rings. The number of hydrogen-bond acceptors (Lipinski definition) is 4. The highest BCUT2D eigenvalue weighted by Crippen LogP contribution is 2.35. The van der Waals surface area contributed by atoms with Crippen LogP contribution in [0.3, 0.4) is 0 Å². The van der Waals surface area contributed by atoms with Crippen molar-refractivity contribution in [2.75, 3.05) is 31.1 Å². The summed E-state index contributed by atoms with van der Waals surface area (Å²) in [5.41, 5.74) is 1.75. The van der Waals surface area contributed by atoms with Crippen LogP contribution in [-0.4, -0.2) is 43.9 Å². The zero-order chi connectivity index (χ0) is 23.8. The molecule has 0 atom stereocenters. The van der Waals surface area contributed by atoms with Crippen molar-refractivity contribution < 1.29 is 21.6 Å². The van der Waals surface area contributed by atoms with Crippen LogP contribution < -0.4 is 4.90 Å². The van der Waals surface area contributed by atoms with Gasteiger partial charge in [-0.25, -0.2) is 13.4 Å². The van der Waals surface area contributed by atoms with Gasteiger partial charge in [-0.3, -0.25) is 0 Å². The number of aryl methyl sites for hydroxylation is 2. The largest absolute Gasteiger partial charge is 0.433 e. The summed E-state index contributed by atoms with van der Waals surface area (Å²) in [6.07, 6.45) is -2.70. The van der Waals surface area contributed by atoms with E-state index in [4.69, 9.17) is 0 Å². The van der Waals surface area contributed by atoms with Gasteiger partial charge in [-0.2, -0.15) is 17.5 Å². The summed E-state index contributed by atoms with van der Waals surface area (Å²) in [7, 11) is -3.67. The number of pyridine rings is 1. The summed E-state index contributed by atoms with van der Waals surface area (Å²) in [5, 5.41) is 0.630. The zero-order valence-electron chi connectivity index (χ0n) is 18.6. The molecule has 176 valence electrons. The number of alkyl halides is 3. The predicted octanol–water partition coefficient (Wildman–Crippen LogP) is 5.03. The van der Waals surface area contributed by atoms with Crippen molar-refractivity contribution in [2.45, 2.75) is 37.8 Å². The molecule has 2 aromatic carbocycles. The van der Waals surface area contributed by atoms with Gasteiger partial charge in [0.25, 0.3) is 0 Å². The average Bonchev–Trinajstić information content (AvgIpc) is 2.78. The molecule has 0 saturated carbocycles. The molecule has 1 fully saturated rings. The molecular formula is C24H26F3N3O2S. The summed E-state index contributed by atoms with van der Waals surface area (Å²) in [5.74, 6) is 0. The molecule has 0 unspecified atom stereocenters. The van der Waals surface area contributed by atoms with Gasteiger partial charge >= 0.3 is 6.18 Å².